The van der Waals surface area contributed by atoms with Crippen molar-refractivity contribution in [2.45, 2.75) is 45.7 Å². The van der Waals surface area contributed by atoms with Crippen LogP contribution < -0.4 is 26.8 Å². The Balaban J connectivity index is 0.00000420. The molecular weight excluding hydrogens is 390 g/mol. The van der Waals surface area contributed by atoms with E-state index in [1.807, 2.05) is 38.1 Å². The molecule has 1 atom stereocenters. The predicted octanol–water partition coefficient (Wildman–Crippen LogP) is 2.87. The number of nitrogens with zero attached hydrogens (tertiary/aromatic N) is 3. The van der Waals surface area contributed by atoms with Crippen LogP contribution in [0.3, 0.4) is 0 Å². The molecule has 0 saturated carbocycles. The number of benzene rings is 1. The number of fused-ring (bicyclic) bond motifs is 1. The standard InChI is InChI=1S/C20H31N7O.ClH/c1-13(2)25-20(22)27-19(21)24-10-5-7-14(3)26-17-12-16(28-4)11-15-8-6-9-23-18(15)17;/h6,8-9,11-14,26H,5,7,10H2,1-4H3,(H5,21,22,24,25,27);1H. The molecule has 1 heterocycles. The van der Waals surface area contributed by atoms with Crippen LogP contribution in [0.25, 0.3) is 10.9 Å². The SMILES string of the molecule is COc1cc(NC(C)CCCN=C(N)NC(N)=NC(C)C)c2ncccc2c1.Cl. The Hall–Kier alpha value is -2.74. The number of pyridine rings is 1. The number of halogens is 1. The molecule has 0 saturated heterocycles. The highest BCUT2D eigenvalue weighted by molar-refractivity contribution is 5.97. The molecule has 0 fully saturated rings. The van der Waals surface area contributed by atoms with Gasteiger partial charge in [0, 0.05) is 36.3 Å². The molecule has 0 aliphatic rings. The number of aromatic nitrogens is 1. The van der Waals surface area contributed by atoms with Crippen molar-refractivity contribution in [2.75, 3.05) is 19.0 Å². The average Bonchev–Trinajstić information content (AvgIpc) is 2.64. The summed E-state index contributed by atoms with van der Waals surface area (Å²) < 4.78 is 5.40. The first-order valence-electron chi connectivity index (χ1n) is 9.48. The Morgan fingerprint density at radius 3 is 2.66 bits per heavy atom. The molecule has 0 amide bonds. The summed E-state index contributed by atoms with van der Waals surface area (Å²) in [6, 6.07) is 8.26. The number of hydrogen-bond donors (Lipinski definition) is 4. The van der Waals surface area contributed by atoms with Gasteiger partial charge in [-0.1, -0.05) is 6.07 Å². The summed E-state index contributed by atoms with van der Waals surface area (Å²) in [5, 5.41) is 7.36. The number of hydrogen-bond acceptors (Lipinski definition) is 5. The first-order chi connectivity index (χ1) is 13.4. The second kappa shape index (κ2) is 12.0. The zero-order valence-corrected chi connectivity index (χ0v) is 18.3. The largest absolute Gasteiger partial charge is 0.497 e. The van der Waals surface area contributed by atoms with Gasteiger partial charge in [0.1, 0.15) is 5.75 Å². The van der Waals surface area contributed by atoms with Gasteiger partial charge in [-0.25, -0.2) is 0 Å². The van der Waals surface area contributed by atoms with Crippen LogP contribution >= 0.6 is 12.4 Å². The molecule has 2 aromatic rings. The Morgan fingerprint density at radius 1 is 1.21 bits per heavy atom. The van der Waals surface area contributed by atoms with Crippen molar-refractivity contribution in [3.8, 4) is 5.75 Å². The minimum Gasteiger partial charge on any atom is -0.497 e. The molecule has 160 valence electrons. The maximum absolute atomic E-state index is 5.83. The van der Waals surface area contributed by atoms with Crippen LogP contribution in [0.4, 0.5) is 5.69 Å². The van der Waals surface area contributed by atoms with E-state index in [0.29, 0.717) is 6.54 Å². The number of aliphatic imine (C=N–C) groups is 2. The third-order valence-electron chi connectivity index (χ3n) is 4.05. The predicted molar refractivity (Wildman–Crippen MR) is 124 cm³/mol. The minimum absolute atomic E-state index is 0. The minimum atomic E-state index is 0. The highest BCUT2D eigenvalue weighted by atomic mass is 35.5. The quantitative estimate of drug-likeness (QED) is 0.295. The van der Waals surface area contributed by atoms with Crippen molar-refractivity contribution < 1.29 is 4.74 Å². The number of anilines is 1. The summed E-state index contributed by atoms with van der Waals surface area (Å²) in [4.78, 5) is 12.9. The molecular formula is C20H32ClN7O. The van der Waals surface area contributed by atoms with Crippen molar-refractivity contribution in [3.63, 3.8) is 0 Å². The molecule has 9 heteroatoms. The van der Waals surface area contributed by atoms with Crippen LogP contribution in [0, 0.1) is 0 Å². The average molecular weight is 422 g/mol. The van der Waals surface area contributed by atoms with Crippen molar-refractivity contribution >= 4 is 40.9 Å². The van der Waals surface area contributed by atoms with Crippen molar-refractivity contribution in [3.05, 3.63) is 30.5 Å². The summed E-state index contributed by atoms with van der Waals surface area (Å²) >= 11 is 0. The van der Waals surface area contributed by atoms with Crippen molar-refractivity contribution in [1.82, 2.24) is 10.3 Å². The number of guanidine groups is 2. The summed E-state index contributed by atoms with van der Waals surface area (Å²) in [5.74, 6) is 1.37. The Morgan fingerprint density at radius 2 is 1.97 bits per heavy atom. The lowest BCUT2D eigenvalue weighted by molar-refractivity contribution is 0.415. The fourth-order valence-electron chi connectivity index (χ4n) is 2.81. The first-order valence-corrected chi connectivity index (χ1v) is 9.48. The maximum Gasteiger partial charge on any atom is 0.195 e. The lowest BCUT2D eigenvalue weighted by atomic mass is 10.1. The van der Waals surface area contributed by atoms with Gasteiger partial charge in [0.25, 0.3) is 0 Å². The summed E-state index contributed by atoms with van der Waals surface area (Å²) in [5.41, 5.74) is 13.5. The first kappa shape index (κ1) is 24.3. The van der Waals surface area contributed by atoms with Crippen LogP contribution in [0.15, 0.2) is 40.4 Å². The number of ether oxygens (including phenoxy) is 1. The van der Waals surface area contributed by atoms with Crippen LogP contribution in [-0.2, 0) is 0 Å². The normalized spacial score (nSPS) is 13.1. The van der Waals surface area contributed by atoms with Gasteiger partial charge in [-0.15, -0.1) is 12.4 Å². The van der Waals surface area contributed by atoms with Gasteiger partial charge in [0.05, 0.1) is 18.3 Å². The van der Waals surface area contributed by atoms with Crippen LogP contribution in [0.5, 0.6) is 5.75 Å². The molecule has 0 aliphatic heterocycles. The fourth-order valence-corrected chi connectivity index (χ4v) is 2.81. The van der Waals surface area contributed by atoms with Gasteiger partial charge in [-0.2, -0.15) is 0 Å². The van der Waals surface area contributed by atoms with E-state index in [0.717, 1.165) is 35.2 Å². The lowest BCUT2D eigenvalue weighted by Gasteiger charge is -2.17. The Bertz CT molecular complexity index is 839. The highest BCUT2D eigenvalue weighted by Gasteiger charge is 2.09. The molecule has 29 heavy (non-hydrogen) atoms. The second-order valence-electron chi connectivity index (χ2n) is 6.94. The number of nitrogens with one attached hydrogen (secondary N) is 2. The molecule has 0 bridgehead atoms. The molecule has 6 N–H and O–H groups in total. The number of rotatable bonds is 8. The third-order valence-corrected chi connectivity index (χ3v) is 4.05. The molecule has 1 aromatic carbocycles. The van der Waals surface area contributed by atoms with E-state index >= 15 is 0 Å². The van der Waals surface area contributed by atoms with Gasteiger partial charge in [-0.3, -0.25) is 20.3 Å². The van der Waals surface area contributed by atoms with Gasteiger partial charge in [0.2, 0.25) is 0 Å². The van der Waals surface area contributed by atoms with Gasteiger partial charge >= 0.3 is 0 Å². The second-order valence-corrected chi connectivity index (χ2v) is 6.94. The van der Waals surface area contributed by atoms with Crippen LogP contribution in [0.2, 0.25) is 0 Å². The zero-order chi connectivity index (χ0) is 20.5. The van der Waals surface area contributed by atoms with Crippen molar-refractivity contribution in [2.24, 2.45) is 21.5 Å². The van der Waals surface area contributed by atoms with E-state index < -0.39 is 0 Å². The summed E-state index contributed by atoms with van der Waals surface area (Å²) in [7, 11) is 1.67. The molecule has 2 rings (SSSR count). The molecule has 8 nitrogen and oxygen atoms in total. The van der Waals surface area contributed by atoms with Crippen LogP contribution in [0.1, 0.15) is 33.6 Å². The smallest absolute Gasteiger partial charge is 0.195 e. The number of nitrogens with two attached hydrogens (primary N) is 2. The zero-order valence-electron chi connectivity index (χ0n) is 17.5. The Kier molecular flexibility index (Phi) is 10.0. The fraction of sp³-hybridized carbons (Fsp3) is 0.450. The van der Waals surface area contributed by atoms with Gasteiger partial charge < -0.3 is 21.5 Å². The molecule has 1 unspecified atom stereocenters. The highest BCUT2D eigenvalue weighted by Crippen LogP contribution is 2.28. The van der Waals surface area contributed by atoms with Gasteiger partial charge in [0.15, 0.2) is 11.9 Å². The van der Waals surface area contributed by atoms with Gasteiger partial charge in [-0.05, 0) is 45.7 Å². The van der Waals surface area contributed by atoms with Crippen LogP contribution in [-0.4, -0.2) is 42.6 Å². The van der Waals surface area contributed by atoms with E-state index in [-0.39, 0.29) is 36.4 Å². The topological polar surface area (TPSA) is 123 Å². The monoisotopic (exact) mass is 421 g/mol. The van der Waals surface area contributed by atoms with E-state index in [2.05, 4.69) is 32.5 Å². The number of methoxy groups -OCH3 is 1. The maximum atomic E-state index is 5.83. The van der Waals surface area contributed by atoms with E-state index in [1.165, 1.54) is 0 Å². The molecule has 0 aliphatic carbocycles. The van der Waals surface area contributed by atoms with E-state index in [1.54, 1.807) is 13.3 Å². The molecule has 1 aromatic heterocycles. The van der Waals surface area contributed by atoms with E-state index in [9.17, 15) is 0 Å². The lowest BCUT2D eigenvalue weighted by Crippen LogP contribution is -2.42. The third kappa shape index (κ3) is 8.03. The van der Waals surface area contributed by atoms with Crippen molar-refractivity contribution in [1.29, 1.82) is 0 Å². The Labute approximate surface area is 178 Å². The molecule has 0 radical (unpaired) electrons. The summed E-state index contributed by atoms with van der Waals surface area (Å²) in [6.45, 7) is 6.62. The van der Waals surface area contributed by atoms with E-state index in [4.69, 9.17) is 16.2 Å². The molecule has 0 spiro atoms. The summed E-state index contributed by atoms with van der Waals surface area (Å²) in [6.07, 6.45) is 3.61.